The maximum absolute atomic E-state index is 12.8. The third-order valence-corrected chi connectivity index (χ3v) is 6.05. The fourth-order valence-electron chi connectivity index (χ4n) is 3.08. The summed E-state index contributed by atoms with van der Waals surface area (Å²) in [7, 11) is -3.45. The van der Waals surface area contributed by atoms with Crippen LogP contribution in [0.4, 0.5) is 0 Å². The first kappa shape index (κ1) is 13.1. The molecule has 1 fully saturated rings. The summed E-state index contributed by atoms with van der Waals surface area (Å²) >= 11 is 0. The topological polar surface area (TPSA) is 81.2 Å². The number of sulfonamides is 1. The molecule has 6 nitrogen and oxygen atoms in total. The zero-order chi connectivity index (χ0) is 13.5. The van der Waals surface area contributed by atoms with E-state index in [-0.39, 0.29) is 6.04 Å². The van der Waals surface area contributed by atoms with Crippen LogP contribution in [-0.2, 0) is 23.0 Å². The van der Waals surface area contributed by atoms with Gasteiger partial charge in [-0.05, 0) is 19.3 Å². The molecule has 0 amide bonds. The molecule has 1 aromatic heterocycles. The molecule has 3 rings (SSSR count). The van der Waals surface area contributed by atoms with Gasteiger partial charge in [-0.25, -0.2) is 13.4 Å². The number of aryl methyl sites for hydroxylation is 1. The molecule has 1 atom stereocenters. The van der Waals surface area contributed by atoms with Crippen molar-refractivity contribution in [2.45, 2.75) is 49.7 Å². The van der Waals surface area contributed by atoms with Crippen LogP contribution in [0.5, 0.6) is 0 Å². The Kier molecular flexibility index (Phi) is 3.36. The lowest BCUT2D eigenvalue weighted by molar-refractivity contribution is 0.256. The van der Waals surface area contributed by atoms with Crippen molar-refractivity contribution in [3.63, 3.8) is 0 Å². The Morgan fingerprint density at radius 3 is 2.95 bits per heavy atom. The number of hydrogen-bond donors (Lipinski definition) is 1. The van der Waals surface area contributed by atoms with E-state index in [2.05, 4.69) is 4.98 Å². The number of nitrogens with two attached hydrogens (primary N) is 1. The minimum atomic E-state index is -3.45. The van der Waals surface area contributed by atoms with Crippen LogP contribution in [-0.4, -0.2) is 41.4 Å². The van der Waals surface area contributed by atoms with E-state index in [9.17, 15) is 8.42 Å². The Balaban J connectivity index is 1.97. The largest absolute Gasteiger partial charge is 0.329 e. The third kappa shape index (κ3) is 2.09. The molecule has 1 unspecified atom stereocenters. The first-order chi connectivity index (χ1) is 9.14. The van der Waals surface area contributed by atoms with Crippen LogP contribution in [0.15, 0.2) is 11.2 Å². The molecule has 2 aliphatic heterocycles. The Morgan fingerprint density at radius 2 is 2.16 bits per heavy atom. The fraction of sp³-hybridized carbons (Fsp3) is 0.750. The molecule has 7 heteroatoms. The van der Waals surface area contributed by atoms with Gasteiger partial charge in [-0.15, -0.1) is 0 Å². The standard InChI is InChI=1S/C12H20N4O2S/c13-8-10-4-1-2-7-16(10)19(17,18)12-9-14-11-5-3-6-15(11)12/h9-10H,1-8,13H2. The number of aromatic nitrogens is 2. The first-order valence-electron chi connectivity index (χ1n) is 6.91. The molecule has 2 aliphatic rings. The zero-order valence-electron chi connectivity index (χ0n) is 11.0. The van der Waals surface area contributed by atoms with Crippen molar-refractivity contribution in [2.24, 2.45) is 5.73 Å². The zero-order valence-corrected chi connectivity index (χ0v) is 11.8. The summed E-state index contributed by atoms with van der Waals surface area (Å²) in [4.78, 5) is 4.23. The number of rotatable bonds is 3. The summed E-state index contributed by atoms with van der Waals surface area (Å²) in [5.41, 5.74) is 5.73. The summed E-state index contributed by atoms with van der Waals surface area (Å²) in [6.45, 7) is 1.72. The number of piperidine rings is 1. The number of hydrogen-bond acceptors (Lipinski definition) is 4. The number of imidazole rings is 1. The van der Waals surface area contributed by atoms with Crippen LogP contribution in [0.2, 0.25) is 0 Å². The highest BCUT2D eigenvalue weighted by atomic mass is 32.2. The van der Waals surface area contributed by atoms with Gasteiger partial charge in [0.1, 0.15) is 5.82 Å². The lowest BCUT2D eigenvalue weighted by atomic mass is 10.1. The van der Waals surface area contributed by atoms with Gasteiger partial charge in [-0.2, -0.15) is 4.31 Å². The van der Waals surface area contributed by atoms with E-state index in [1.165, 1.54) is 6.20 Å². The monoisotopic (exact) mass is 284 g/mol. The second kappa shape index (κ2) is 4.88. The second-order valence-corrected chi connectivity index (χ2v) is 7.11. The average Bonchev–Trinajstić information content (AvgIpc) is 3.00. The van der Waals surface area contributed by atoms with Gasteiger partial charge in [0, 0.05) is 32.1 Å². The summed E-state index contributed by atoms with van der Waals surface area (Å²) in [5.74, 6) is 0.889. The van der Waals surface area contributed by atoms with E-state index in [1.807, 2.05) is 4.57 Å². The quantitative estimate of drug-likeness (QED) is 0.867. The second-order valence-electron chi connectivity index (χ2n) is 5.27. The van der Waals surface area contributed by atoms with Gasteiger partial charge in [0.15, 0.2) is 5.03 Å². The van der Waals surface area contributed by atoms with Gasteiger partial charge < -0.3 is 10.3 Å². The molecule has 0 aromatic carbocycles. The maximum Gasteiger partial charge on any atom is 0.260 e. The SMILES string of the molecule is NCC1CCCCN1S(=O)(=O)c1cnc2n1CCC2. The molecular weight excluding hydrogens is 264 g/mol. The Bertz CT molecular complexity index is 566. The molecule has 1 aromatic rings. The molecule has 19 heavy (non-hydrogen) atoms. The third-order valence-electron chi connectivity index (χ3n) is 4.10. The van der Waals surface area contributed by atoms with Crippen LogP contribution in [0.1, 0.15) is 31.5 Å². The van der Waals surface area contributed by atoms with Crippen molar-refractivity contribution in [3.8, 4) is 0 Å². The predicted octanol–water partition coefficient (Wildman–Crippen LogP) is 0.331. The number of fused-ring (bicyclic) bond motifs is 1. The lowest BCUT2D eigenvalue weighted by Gasteiger charge is -2.33. The van der Waals surface area contributed by atoms with Crippen molar-refractivity contribution in [3.05, 3.63) is 12.0 Å². The Labute approximate surface area is 113 Å². The molecular formula is C12H20N4O2S. The van der Waals surface area contributed by atoms with Crippen LogP contribution in [0, 0.1) is 0 Å². The van der Waals surface area contributed by atoms with E-state index < -0.39 is 10.0 Å². The summed E-state index contributed by atoms with van der Waals surface area (Å²) in [6, 6.07) is -0.0636. The highest BCUT2D eigenvalue weighted by molar-refractivity contribution is 7.89. The van der Waals surface area contributed by atoms with Crippen molar-refractivity contribution in [1.82, 2.24) is 13.9 Å². The van der Waals surface area contributed by atoms with Crippen LogP contribution < -0.4 is 5.73 Å². The Morgan fingerprint density at radius 1 is 1.32 bits per heavy atom. The van der Waals surface area contributed by atoms with E-state index in [0.29, 0.717) is 18.1 Å². The van der Waals surface area contributed by atoms with Gasteiger partial charge in [0.25, 0.3) is 10.0 Å². The molecule has 0 aliphatic carbocycles. The van der Waals surface area contributed by atoms with Crippen molar-refractivity contribution < 1.29 is 8.42 Å². The van der Waals surface area contributed by atoms with Gasteiger partial charge in [0.2, 0.25) is 0 Å². The lowest BCUT2D eigenvalue weighted by Crippen LogP contribution is -2.47. The van der Waals surface area contributed by atoms with Crippen LogP contribution in [0.3, 0.4) is 0 Å². The summed E-state index contributed by atoms with van der Waals surface area (Å²) < 4.78 is 29.0. The normalized spacial score (nSPS) is 24.6. The number of nitrogens with zero attached hydrogens (tertiary/aromatic N) is 3. The highest BCUT2D eigenvalue weighted by Gasteiger charge is 2.36. The fourth-order valence-corrected chi connectivity index (χ4v) is 4.94. The predicted molar refractivity (Wildman–Crippen MR) is 71.1 cm³/mol. The Hall–Kier alpha value is -0.920. The van der Waals surface area contributed by atoms with Gasteiger partial charge in [0.05, 0.1) is 6.20 Å². The van der Waals surface area contributed by atoms with E-state index in [1.54, 1.807) is 4.31 Å². The highest BCUT2D eigenvalue weighted by Crippen LogP contribution is 2.27. The molecule has 106 valence electrons. The smallest absolute Gasteiger partial charge is 0.260 e. The maximum atomic E-state index is 12.8. The van der Waals surface area contributed by atoms with Crippen LogP contribution >= 0.6 is 0 Å². The summed E-state index contributed by atoms with van der Waals surface area (Å²) in [5, 5.41) is 0.348. The molecule has 3 heterocycles. The average molecular weight is 284 g/mol. The summed E-state index contributed by atoms with van der Waals surface area (Å²) in [6.07, 6.45) is 6.18. The van der Waals surface area contributed by atoms with Crippen molar-refractivity contribution in [1.29, 1.82) is 0 Å². The van der Waals surface area contributed by atoms with Crippen molar-refractivity contribution in [2.75, 3.05) is 13.1 Å². The molecule has 0 saturated carbocycles. The molecule has 1 saturated heterocycles. The molecule has 0 radical (unpaired) electrons. The molecule has 0 spiro atoms. The minimum Gasteiger partial charge on any atom is -0.329 e. The van der Waals surface area contributed by atoms with Crippen molar-refractivity contribution >= 4 is 10.0 Å². The van der Waals surface area contributed by atoms with Gasteiger partial charge in [-0.3, -0.25) is 0 Å². The van der Waals surface area contributed by atoms with Gasteiger partial charge >= 0.3 is 0 Å². The van der Waals surface area contributed by atoms with E-state index in [4.69, 9.17) is 5.73 Å². The van der Waals surface area contributed by atoms with Crippen LogP contribution in [0.25, 0.3) is 0 Å². The first-order valence-corrected chi connectivity index (χ1v) is 8.35. The minimum absolute atomic E-state index is 0.0636. The van der Waals surface area contributed by atoms with Gasteiger partial charge in [-0.1, -0.05) is 6.42 Å². The van der Waals surface area contributed by atoms with E-state index >= 15 is 0 Å². The molecule has 2 N–H and O–H groups in total. The van der Waals surface area contributed by atoms with E-state index in [0.717, 1.165) is 44.5 Å². The molecule has 0 bridgehead atoms.